The van der Waals surface area contributed by atoms with Gasteiger partial charge in [-0.05, 0) is 79.2 Å². The van der Waals surface area contributed by atoms with Gasteiger partial charge < -0.3 is 20.7 Å². The summed E-state index contributed by atoms with van der Waals surface area (Å²) < 4.78 is 19.1. The first kappa shape index (κ1) is 29.1. The van der Waals surface area contributed by atoms with Crippen molar-refractivity contribution in [2.45, 2.75) is 17.1 Å². The van der Waals surface area contributed by atoms with Crippen LogP contribution in [0.4, 0.5) is 15.8 Å². The molecule has 0 aliphatic rings. The molecule has 3 N–H and O–H groups in total. The van der Waals surface area contributed by atoms with Crippen LogP contribution in [0.5, 0.6) is 5.75 Å². The number of rotatable bonds is 10. The number of carbonyl (C=O) groups is 3. The van der Waals surface area contributed by atoms with E-state index in [9.17, 15) is 18.8 Å². The number of hydrogen-bond acceptors (Lipinski definition) is 5. The van der Waals surface area contributed by atoms with Gasteiger partial charge in [-0.2, -0.15) is 0 Å². The van der Waals surface area contributed by atoms with Gasteiger partial charge in [-0.1, -0.05) is 42.5 Å². The van der Waals surface area contributed by atoms with Crippen LogP contribution in [0.1, 0.15) is 22.8 Å². The van der Waals surface area contributed by atoms with Crippen LogP contribution in [-0.2, 0) is 9.59 Å². The molecule has 0 fully saturated rings. The minimum Gasteiger partial charge on any atom is -0.497 e. The Morgan fingerprint density at radius 2 is 1.49 bits per heavy atom. The summed E-state index contributed by atoms with van der Waals surface area (Å²) in [6.45, 7) is 1.72. The van der Waals surface area contributed by atoms with Crippen LogP contribution in [0, 0.1) is 5.82 Å². The van der Waals surface area contributed by atoms with E-state index < -0.39 is 22.9 Å². The quantitative estimate of drug-likeness (QED) is 0.153. The standard InChI is InChI=1S/C32H28FN3O4S/c1-21(30(37)35-28-11-7-6-10-27(28)33)41-26-18-14-24(15-19-26)34-32(39)29(20-22-12-16-25(40-2)17-13-22)36-31(38)23-8-4-3-5-9-23/h3-21H,1-2H3,(H,34,39)(H,35,37)(H,36,38)/b29-20-. The van der Waals surface area contributed by atoms with Crippen molar-refractivity contribution in [1.29, 1.82) is 0 Å². The fraction of sp³-hybridized carbons (Fsp3) is 0.0938. The second-order valence-electron chi connectivity index (χ2n) is 8.86. The van der Waals surface area contributed by atoms with Gasteiger partial charge in [0.05, 0.1) is 18.0 Å². The second kappa shape index (κ2) is 14.0. The molecular formula is C32H28FN3O4S. The monoisotopic (exact) mass is 569 g/mol. The molecule has 4 aromatic carbocycles. The van der Waals surface area contributed by atoms with E-state index in [2.05, 4.69) is 16.0 Å². The number of hydrogen-bond donors (Lipinski definition) is 3. The van der Waals surface area contributed by atoms with Crippen molar-refractivity contribution in [2.24, 2.45) is 0 Å². The van der Waals surface area contributed by atoms with Gasteiger partial charge in [0.2, 0.25) is 5.91 Å². The lowest BCUT2D eigenvalue weighted by molar-refractivity contribution is -0.115. The maximum atomic E-state index is 13.9. The highest BCUT2D eigenvalue weighted by atomic mass is 32.2. The number of carbonyl (C=O) groups excluding carboxylic acids is 3. The Hall–Kier alpha value is -4.89. The summed E-state index contributed by atoms with van der Waals surface area (Å²) >= 11 is 1.30. The lowest BCUT2D eigenvalue weighted by Crippen LogP contribution is -2.30. The Bertz CT molecular complexity index is 1540. The van der Waals surface area contributed by atoms with Gasteiger partial charge in [0.25, 0.3) is 11.8 Å². The van der Waals surface area contributed by atoms with Gasteiger partial charge >= 0.3 is 0 Å². The van der Waals surface area contributed by atoms with Gasteiger partial charge in [0.15, 0.2) is 0 Å². The first-order valence-corrected chi connectivity index (χ1v) is 13.6. The van der Waals surface area contributed by atoms with Crippen LogP contribution in [0.15, 0.2) is 114 Å². The Morgan fingerprint density at radius 3 is 2.15 bits per heavy atom. The van der Waals surface area contributed by atoms with E-state index in [-0.39, 0.29) is 17.3 Å². The Kier molecular flexibility index (Phi) is 9.90. The fourth-order valence-corrected chi connectivity index (χ4v) is 4.55. The summed E-state index contributed by atoms with van der Waals surface area (Å²) in [6, 6.07) is 28.6. The van der Waals surface area contributed by atoms with E-state index in [4.69, 9.17) is 4.74 Å². The van der Waals surface area contributed by atoms with Gasteiger partial charge in [-0.25, -0.2) is 4.39 Å². The zero-order valence-corrected chi connectivity index (χ0v) is 23.2. The Morgan fingerprint density at radius 1 is 0.829 bits per heavy atom. The number of benzene rings is 4. The number of nitrogens with one attached hydrogen (secondary N) is 3. The first-order chi connectivity index (χ1) is 19.8. The van der Waals surface area contributed by atoms with Crippen LogP contribution in [0.3, 0.4) is 0 Å². The van der Waals surface area contributed by atoms with E-state index in [0.29, 0.717) is 22.6 Å². The summed E-state index contributed by atoms with van der Waals surface area (Å²) in [4.78, 5) is 39.4. The topological polar surface area (TPSA) is 96.5 Å². The maximum absolute atomic E-state index is 13.9. The summed E-state index contributed by atoms with van der Waals surface area (Å²) in [5.74, 6) is -1.10. The van der Waals surface area contributed by atoms with Crippen LogP contribution in [0.25, 0.3) is 6.08 Å². The Labute approximate surface area is 241 Å². The van der Waals surface area contributed by atoms with E-state index in [1.807, 2.05) is 0 Å². The molecule has 9 heteroatoms. The highest BCUT2D eigenvalue weighted by Crippen LogP contribution is 2.26. The van der Waals surface area contributed by atoms with Gasteiger partial charge in [-0.15, -0.1) is 11.8 Å². The molecule has 0 spiro atoms. The number of halogens is 1. The van der Waals surface area contributed by atoms with Crippen molar-refractivity contribution in [3.8, 4) is 5.75 Å². The number of ether oxygens (including phenoxy) is 1. The normalized spacial score (nSPS) is 11.7. The van der Waals surface area contributed by atoms with Gasteiger partial charge in [0.1, 0.15) is 17.3 Å². The van der Waals surface area contributed by atoms with E-state index in [1.54, 1.807) is 111 Å². The lowest BCUT2D eigenvalue weighted by Gasteiger charge is -2.14. The summed E-state index contributed by atoms with van der Waals surface area (Å²) in [7, 11) is 1.56. The van der Waals surface area contributed by atoms with Gasteiger partial charge in [0, 0.05) is 16.1 Å². The van der Waals surface area contributed by atoms with E-state index in [0.717, 1.165) is 4.90 Å². The second-order valence-corrected chi connectivity index (χ2v) is 10.3. The SMILES string of the molecule is COc1ccc(/C=C(\NC(=O)c2ccccc2)C(=O)Nc2ccc(SC(C)C(=O)Nc3ccccc3F)cc2)cc1. The smallest absolute Gasteiger partial charge is 0.272 e. The molecule has 1 atom stereocenters. The third-order valence-corrected chi connectivity index (χ3v) is 6.99. The average molecular weight is 570 g/mol. The van der Waals surface area contributed by atoms with Crippen molar-refractivity contribution in [3.63, 3.8) is 0 Å². The van der Waals surface area contributed by atoms with Crippen molar-refractivity contribution in [1.82, 2.24) is 5.32 Å². The van der Waals surface area contributed by atoms with Crippen molar-refractivity contribution >= 4 is 46.9 Å². The third kappa shape index (κ3) is 8.30. The number of anilines is 2. The van der Waals surface area contributed by atoms with Crippen LogP contribution in [-0.4, -0.2) is 30.1 Å². The number of amides is 3. The molecule has 41 heavy (non-hydrogen) atoms. The molecule has 208 valence electrons. The fourth-order valence-electron chi connectivity index (χ4n) is 3.68. The molecule has 4 rings (SSSR count). The van der Waals surface area contributed by atoms with Crippen LogP contribution < -0.4 is 20.7 Å². The van der Waals surface area contributed by atoms with Crippen molar-refractivity contribution in [3.05, 3.63) is 126 Å². The Balaban J connectivity index is 1.44. The summed E-state index contributed by atoms with van der Waals surface area (Å²) in [5, 5.41) is 7.61. The minimum absolute atomic E-state index is 0.0564. The molecule has 0 radical (unpaired) electrons. The molecule has 0 aliphatic heterocycles. The molecule has 7 nitrogen and oxygen atoms in total. The predicted molar refractivity (Wildman–Crippen MR) is 160 cm³/mol. The number of thioether (sulfide) groups is 1. The van der Waals surface area contributed by atoms with Crippen molar-refractivity contribution in [2.75, 3.05) is 17.7 Å². The van der Waals surface area contributed by atoms with Gasteiger partial charge in [-0.3, -0.25) is 14.4 Å². The average Bonchev–Trinajstić information content (AvgIpc) is 2.99. The van der Waals surface area contributed by atoms with E-state index >= 15 is 0 Å². The van der Waals surface area contributed by atoms with Crippen LogP contribution in [0.2, 0.25) is 0 Å². The molecule has 0 aliphatic carbocycles. The summed E-state index contributed by atoms with van der Waals surface area (Å²) in [6.07, 6.45) is 1.58. The number of methoxy groups -OCH3 is 1. The molecule has 3 amide bonds. The minimum atomic E-state index is -0.511. The molecule has 0 heterocycles. The first-order valence-electron chi connectivity index (χ1n) is 12.7. The van der Waals surface area contributed by atoms with Crippen LogP contribution >= 0.6 is 11.8 Å². The zero-order valence-electron chi connectivity index (χ0n) is 22.4. The molecular weight excluding hydrogens is 541 g/mol. The molecule has 1 unspecified atom stereocenters. The molecule has 0 bridgehead atoms. The molecule has 0 aromatic heterocycles. The maximum Gasteiger partial charge on any atom is 0.272 e. The zero-order chi connectivity index (χ0) is 29.2. The summed E-state index contributed by atoms with van der Waals surface area (Å²) in [5.41, 5.74) is 1.79. The molecule has 0 saturated heterocycles. The number of para-hydroxylation sites is 1. The van der Waals surface area contributed by atoms with E-state index in [1.165, 1.54) is 23.9 Å². The highest BCUT2D eigenvalue weighted by Gasteiger charge is 2.17. The third-order valence-electron chi connectivity index (χ3n) is 5.88. The lowest BCUT2D eigenvalue weighted by atomic mass is 10.1. The molecule has 4 aromatic rings. The predicted octanol–water partition coefficient (Wildman–Crippen LogP) is 6.36. The molecule has 0 saturated carbocycles. The highest BCUT2D eigenvalue weighted by molar-refractivity contribution is 8.00. The largest absolute Gasteiger partial charge is 0.497 e. The van der Waals surface area contributed by atoms with Crippen molar-refractivity contribution < 1.29 is 23.5 Å².